The van der Waals surface area contributed by atoms with Crippen LogP contribution < -0.4 is 0 Å². The van der Waals surface area contributed by atoms with Gasteiger partial charge in [-0.25, -0.2) is 0 Å². The first-order valence-corrected chi connectivity index (χ1v) is 9.70. The summed E-state index contributed by atoms with van der Waals surface area (Å²) >= 11 is 0. The standard InChI is InChI=1S/C20H38O/c1-2-3-4-5-6-7-8-9-10-11-12-13-14-15-16-17-20-18-19-21-20/h9-10,20H,2-8,11-19H2,1H3/b10-9-. The maximum atomic E-state index is 5.44. The van der Waals surface area contributed by atoms with E-state index in [1.165, 1.54) is 96.3 Å². The van der Waals surface area contributed by atoms with Crippen LogP contribution in [0.25, 0.3) is 0 Å². The van der Waals surface area contributed by atoms with Crippen LogP contribution in [0.5, 0.6) is 0 Å². The van der Waals surface area contributed by atoms with E-state index in [4.69, 9.17) is 4.74 Å². The Morgan fingerprint density at radius 3 is 1.81 bits per heavy atom. The fraction of sp³-hybridized carbons (Fsp3) is 0.900. The molecule has 0 aromatic heterocycles. The monoisotopic (exact) mass is 294 g/mol. The van der Waals surface area contributed by atoms with E-state index in [2.05, 4.69) is 19.1 Å². The first-order valence-electron chi connectivity index (χ1n) is 9.70. The lowest BCUT2D eigenvalue weighted by Crippen LogP contribution is -2.26. The molecule has 0 aliphatic carbocycles. The molecule has 0 N–H and O–H groups in total. The van der Waals surface area contributed by atoms with E-state index < -0.39 is 0 Å². The number of unbranched alkanes of at least 4 members (excludes halogenated alkanes) is 11. The van der Waals surface area contributed by atoms with Crippen molar-refractivity contribution in [3.63, 3.8) is 0 Å². The summed E-state index contributed by atoms with van der Waals surface area (Å²) in [4.78, 5) is 0. The van der Waals surface area contributed by atoms with E-state index in [0.29, 0.717) is 6.10 Å². The molecule has 1 heterocycles. The summed E-state index contributed by atoms with van der Waals surface area (Å²) in [5.41, 5.74) is 0. The van der Waals surface area contributed by atoms with Crippen molar-refractivity contribution in [1.82, 2.24) is 0 Å². The molecule has 0 aromatic carbocycles. The Bertz CT molecular complexity index is 230. The summed E-state index contributed by atoms with van der Waals surface area (Å²) in [6.07, 6.45) is 26.1. The van der Waals surface area contributed by atoms with E-state index in [9.17, 15) is 0 Å². The highest BCUT2D eigenvalue weighted by Crippen LogP contribution is 2.18. The van der Waals surface area contributed by atoms with Gasteiger partial charge in [-0.15, -0.1) is 0 Å². The number of hydrogen-bond donors (Lipinski definition) is 0. The van der Waals surface area contributed by atoms with Crippen LogP contribution in [0.2, 0.25) is 0 Å². The van der Waals surface area contributed by atoms with Crippen LogP contribution in [0.1, 0.15) is 103 Å². The van der Waals surface area contributed by atoms with Gasteiger partial charge in [0.15, 0.2) is 0 Å². The van der Waals surface area contributed by atoms with Gasteiger partial charge >= 0.3 is 0 Å². The summed E-state index contributed by atoms with van der Waals surface area (Å²) in [7, 11) is 0. The Morgan fingerprint density at radius 2 is 1.29 bits per heavy atom. The molecule has 1 atom stereocenters. The lowest BCUT2D eigenvalue weighted by molar-refractivity contribution is -0.0555. The predicted molar refractivity (Wildman–Crippen MR) is 93.8 cm³/mol. The molecule has 0 saturated carbocycles. The van der Waals surface area contributed by atoms with Crippen LogP contribution in [0, 0.1) is 0 Å². The van der Waals surface area contributed by atoms with Crippen LogP contribution in [0.15, 0.2) is 12.2 Å². The quantitative estimate of drug-likeness (QED) is 0.238. The Hall–Kier alpha value is -0.300. The van der Waals surface area contributed by atoms with Crippen molar-refractivity contribution in [3.05, 3.63) is 12.2 Å². The molecule has 0 radical (unpaired) electrons. The molecular formula is C20H38O. The van der Waals surface area contributed by atoms with Gasteiger partial charge in [0.25, 0.3) is 0 Å². The highest BCUT2D eigenvalue weighted by atomic mass is 16.5. The lowest BCUT2D eigenvalue weighted by atomic mass is 10.0. The van der Waals surface area contributed by atoms with Crippen molar-refractivity contribution in [1.29, 1.82) is 0 Å². The Balaban J connectivity index is 1.68. The van der Waals surface area contributed by atoms with Crippen LogP contribution in [-0.2, 0) is 4.74 Å². The molecule has 1 aliphatic rings. The third-order valence-corrected chi connectivity index (χ3v) is 4.58. The van der Waals surface area contributed by atoms with E-state index >= 15 is 0 Å². The average molecular weight is 295 g/mol. The molecule has 0 spiro atoms. The molecule has 1 aliphatic heterocycles. The van der Waals surface area contributed by atoms with Gasteiger partial charge in [0.05, 0.1) is 6.10 Å². The minimum atomic E-state index is 0.620. The van der Waals surface area contributed by atoms with E-state index in [-0.39, 0.29) is 0 Å². The largest absolute Gasteiger partial charge is 0.378 e. The summed E-state index contributed by atoms with van der Waals surface area (Å²) in [5.74, 6) is 0. The molecule has 1 fully saturated rings. The smallest absolute Gasteiger partial charge is 0.0597 e. The molecule has 0 aromatic rings. The molecule has 1 rings (SSSR count). The van der Waals surface area contributed by atoms with Crippen molar-refractivity contribution in [2.24, 2.45) is 0 Å². The number of hydrogen-bond acceptors (Lipinski definition) is 1. The molecule has 0 bridgehead atoms. The second kappa shape index (κ2) is 14.6. The maximum Gasteiger partial charge on any atom is 0.0597 e. The predicted octanol–water partition coefficient (Wildman–Crippen LogP) is 6.81. The molecule has 124 valence electrons. The van der Waals surface area contributed by atoms with Gasteiger partial charge in [0.2, 0.25) is 0 Å². The average Bonchev–Trinajstić information content (AvgIpc) is 2.45. The van der Waals surface area contributed by atoms with Gasteiger partial charge in [0, 0.05) is 6.61 Å². The normalized spacial score (nSPS) is 18.2. The molecule has 1 unspecified atom stereocenters. The van der Waals surface area contributed by atoms with Gasteiger partial charge in [-0.2, -0.15) is 0 Å². The number of ether oxygens (including phenoxy) is 1. The molecular weight excluding hydrogens is 256 g/mol. The number of rotatable bonds is 15. The van der Waals surface area contributed by atoms with Gasteiger partial charge in [-0.05, 0) is 38.5 Å². The minimum Gasteiger partial charge on any atom is -0.378 e. The van der Waals surface area contributed by atoms with Crippen LogP contribution in [0.4, 0.5) is 0 Å². The Morgan fingerprint density at radius 1 is 0.762 bits per heavy atom. The Labute approximate surface area is 133 Å². The van der Waals surface area contributed by atoms with Gasteiger partial charge in [-0.1, -0.05) is 76.9 Å². The molecule has 1 nitrogen and oxygen atoms in total. The van der Waals surface area contributed by atoms with Crippen molar-refractivity contribution < 1.29 is 4.74 Å². The maximum absolute atomic E-state index is 5.44. The summed E-state index contributed by atoms with van der Waals surface area (Å²) in [6, 6.07) is 0. The third-order valence-electron chi connectivity index (χ3n) is 4.58. The molecule has 1 heteroatoms. The molecule has 1 saturated heterocycles. The fourth-order valence-corrected chi connectivity index (χ4v) is 2.95. The van der Waals surface area contributed by atoms with Crippen molar-refractivity contribution in [3.8, 4) is 0 Å². The second-order valence-corrected chi connectivity index (χ2v) is 6.65. The topological polar surface area (TPSA) is 9.23 Å². The highest BCUT2D eigenvalue weighted by molar-refractivity contribution is 4.81. The first-order chi connectivity index (χ1) is 10.4. The first kappa shape index (κ1) is 18.7. The lowest BCUT2D eigenvalue weighted by Gasteiger charge is -2.26. The highest BCUT2D eigenvalue weighted by Gasteiger charge is 2.16. The molecule has 21 heavy (non-hydrogen) atoms. The van der Waals surface area contributed by atoms with Crippen molar-refractivity contribution >= 4 is 0 Å². The van der Waals surface area contributed by atoms with Crippen LogP contribution in [-0.4, -0.2) is 12.7 Å². The van der Waals surface area contributed by atoms with E-state index in [1.807, 2.05) is 0 Å². The summed E-state index contributed by atoms with van der Waals surface area (Å²) in [5, 5.41) is 0. The van der Waals surface area contributed by atoms with Crippen molar-refractivity contribution in [2.45, 2.75) is 109 Å². The van der Waals surface area contributed by atoms with Gasteiger partial charge in [0.1, 0.15) is 0 Å². The Kier molecular flexibility index (Phi) is 13.1. The fourth-order valence-electron chi connectivity index (χ4n) is 2.95. The van der Waals surface area contributed by atoms with E-state index in [0.717, 1.165) is 6.61 Å². The van der Waals surface area contributed by atoms with E-state index in [1.54, 1.807) is 0 Å². The van der Waals surface area contributed by atoms with Crippen LogP contribution >= 0.6 is 0 Å². The second-order valence-electron chi connectivity index (χ2n) is 6.65. The van der Waals surface area contributed by atoms with Gasteiger partial charge < -0.3 is 4.74 Å². The third kappa shape index (κ3) is 12.0. The zero-order chi connectivity index (χ0) is 15.0. The zero-order valence-corrected chi connectivity index (χ0v) is 14.5. The summed E-state index contributed by atoms with van der Waals surface area (Å²) in [6.45, 7) is 3.29. The summed E-state index contributed by atoms with van der Waals surface area (Å²) < 4.78 is 5.44. The van der Waals surface area contributed by atoms with Gasteiger partial charge in [-0.3, -0.25) is 0 Å². The SMILES string of the molecule is CCCCCCCC/C=C\CCCCCCCC1CCO1. The van der Waals surface area contributed by atoms with Crippen LogP contribution in [0.3, 0.4) is 0 Å². The minimum absolute atomic E-state index is 0.620. The molecule has 0 amide bonds. The zero-order valence-electron chi connectivity index (χ0n) is 14.5. The number of allylic oxidation sites excluding steroid dienone is 2. The van der Waals surface area contributed by atoms with Crippen molar-refractivity contribution in [2.75, 3.05) is 6.61 Å².